The number of fused-ring (bicyclic) bond motifs is 1. The van der Waals surface area contributed by atoms with E-state index >= 15 is 0 Å². The maximum Gasteiger partial charge on any atom is 0.410 e. The van der Waals surface area contributed by atoms with Gasteiger partial charge in [-0.15, -0.1) is 0 Å². The first kappa shape index (κ1) is 27.3. The summed E-state index contributed by atoms with van der Waals surface area (Å²) >= 11 is 0. The number of piperidine rings is 2. The molecule has 0 unspecified atom stereocenters. The summed E-state index contributed by atoms with van der Waals surface area (Å²) < 4.78 is 11.1. The highest BCUT2D eigenvalue weighted by atomic mass is 16.6. The molecule has 0 radical (unpaired) electrons. The normalized spacial score (nSPS) is 18.2. The molecule has 0 saturated carbocycles. The average molecular weight is 509 g/mol. The maximum atomic E-state index is 12.5. The Morgan fingerprint density at radius 2 is 1.22 bits per heavy atom. The van der Waals surface area contributed by atoms with Crippen LogP contribution in [-0.4, -0.2) is 59.4 Å². The average Bonchev–Trinajstić information content (AvgIpc) is 2.83. The molecule has 0 aliphatic carbocycles. The molecular weight excluding hydrogens is 464 g/mol. The van der Waals surface area contributed by atoms with Crippen molar-refractivity contribution in [1.29, 1.82) is 0 Å². The molecule has 2 aromatic rings. The van der Waals surface area contributed by atoms with Crippen LogP contribution in [0.5, 0.6) is 0 Å². The van der Waals surface area contributed by atoms with Gasteiger partial charge in [0.05, 0.1) is 0 Å². The molecule has 0 aromatic heterocycles. The zero-order valence-electron chi connectivity index (χ0n) is 23.5. The molecule has 2 heterocycles. The van der Waals surface area contributed by atoms with Crippen LogP contribution in [0.1, 0.15) is 84.3 Å². The van der Waals surface area contributed by atoms with Crippen LogP contribution in [-0.2, 0) is 15.9 Å². The minimum atomic E-state index is -0.466. The van der Waals surface area contributed by atoms with Crippen molar-refractivity contribution in [3.05, 3.63) is 47.5 Å². The van der Waals surface area contributed by atoms with E-state index in [-0.39, 0.29) is 12.2 Å². The van der Waals surface area contributed by atoms with E-state index in [1.807, 2.05) is 51.3 Å². The van der Waals surface area contributed by atoms with Crippen molar-refractivity contribution in [3.8, 4) is 0 Å². The van der Waals surface area contributed by atoms with Gasteiger partial charge in [-0.3, -0.25) is 0 Å². The summed E-state index contributed by atoms with van der Waals surface area (Å²) in [5.41, 5.74) is 1.86. The highest BCUT2D eigenvalue weighted by Crippen LogP contribution is 2.36. The summed E-state index contributed by atoms with van der Waals surface area (Å²) in [5, 5.41) is 2.67. The van der Waals surface area contributed by atoms with Crippen molar-refractivity contribution in [2.75, 3.05) is 26.2 Å². The summed E-state index contributed by atoms with van der Waals surface area (Å²) in [7, 11) is 0. The van der Waals surface area contributed by atoms with Crippen LogP contribution < -0.4 is 0 Å². The largest absolute Gasteiger partial charge is 0.444 e. The van der Waals surface area contributed by atoms with Gasteiger partial charge in [0.15, 0.2) is 0 Å². The van der Waals surface area contributed by atoms with Crippen molar-refractivity contribution >= 4 is 23.0 Å². The monoisotopic (exact) mass is 508 g/mol. The van der Waals surface area contributed by atoms with Gasteiger partial charge in [-0.05, 0) is 107 Å². The third-order valence-corrected chi connectivity index (χ3v) is 7.41. The van der Waals surface area contributed by atoms with E-state index in [1.54, 1.807) is 0 Å². The van der Waals surface area contributed by atoms with Gasteiger partial charge in [0.25, 0.3) is 0 Å². The molecule has 4 rings (SSSR count). The van der Waals surface area contributed by atoms with Gasteiger partial charge < -0.3 is 19.3 Å². The lowest BCUT2D eigenvalue weighted by atomic mass is 9.83. The summed E-state index contributed by atoms with van der Waals surface area (Å²) in [6, 6.07) is 13.4. The van der Waals surface area contributed by atoms with Crippen molar-refractivity contribution in [2.24, 2.45) is 5.92 Å². The maximum absolute atomic E-state index is 12.5. The Morgan fingerprint density at radius 1 is 0.730 bits per heavy atom. The Labute approximate surface area is 222 Å². The molecule has 37 heavy (non-hydrogen) atoms. The molecule has 2 aliphatic rings. The van der Waals surface area contributed by atoms with E-state index in [0.29, 0.717) is 11.8 Å². The van der Waals surface area contributed by atoms with Crippen LogP contribution in [0.15, 0.2) is 36.4 Å². The lowest BCUT2D eigenvalue weighted by Gasteiger charge is -2.34. The lowest BCUT2D eigenvalue weighted by Crippen LogP contribution is -2.42. The molecule has 6 nitrogen and oxygen atoms in total. The zero-order valence-corrected chi connectivity index (χ0v) is 23.5. The van der Waals surface area contributed by atoms with E-state index in [2.05, 4.69) is 36.4 Å². The fourth-order valence-electron chi connectivity index (χ4n) is 5.58. The number of rotatable bonds is 3. The van der Waals surface area contributed by atoms with Gasteiger partial charge >= 0.3 is 12.2 Å². The number of nitrogens with zero attached hydrogens (tertiary/aromatic N) is 2. The van der Waals surface area contributed by atoms with Gasteiger partial charge in [0, 0.05) is 26.2 Å². The minimum absolute atomic E-state index is 0.196. The van der Waals surface area contributed by atoms with Crippen molar-refractivity contribution < 1.29 is 19.1 Å². The summed E-state index contributed by atoms with van der Waals surface area (Å²) in [4.78, 5) is 28.6. The van der Waals surface area contributed by atoms with Crippen LogP contribution in [0.25, 0.3) is 10.8 Å². The smallest absolute Gasteiger partial charge is 0.410 e. The number of carbonyl (C=O) groups is 2. The number of amides is 2. The van der Waals surface area contributed by atoms with Gasteiger partial charge in [0.2, 0.25) is 0 Å². The Balaban J connectivity index is 1.40. The SMILES string of the molecule is CC(C)(C)OC(=O)N1CCC(Cc2ccc(C3CCN(C(=O)OC(C)(C)C)CC3)c3ccccc23)CC1. The fourth-order valence-corrected chi connectivity index (χ4v) is 5.58. The van der Waals surface area contributed by atoms with Crippen molar-refractivity contribution in [1.82, 2.24) is 9.80 Å². The number of likely N-dealkylation sites (tertiary alicyclic amines) is 2. The standard InChI is InChI=1S/C31H44N2O4/c1-30(2,3)36-28(34)32-17-13-22(14-18-32)21-24-11-12-26(27-10-8-7-9-25(24)27)23-15-19-33(20-16-23)29(35)37-31(4,5)6/h7-12,22-23H,13-21H2,1-6H3. The summed E-state index contributed by atoms with van der Waals surface area (Å²) in [5.74, 6) is 1.000. The van der Waals surface area contributed by atoms with E-state index in [1.165, 1.54) is 21.9 Å². The number of hydrogen-bond donors (Lipinski definition) is 0. The molecule has 2 aromatic carbocycles. The van der Waals surface area contributed by atoms with E-state index < -0.39 is 11.2 Å². The Morgan fingerprint density at radius 3 is 1.73 bits per heavy atom. The van der Waals surface area contributed by atoms with Crippen molar-refractivity contribution in [3.63, 3.8) is 0 Å². The third kappa shape index (κ3) is 7.18. The number of ether oxygens (including phenoxy) is 2. The molecule has 2 fully saturated rings. The van der Waals surface area contributed by atoms with Crippen LogP contribution >= 0.6 is 0 Å². The summed E-state index contributed by atoms with van der Waals surface area (Å²) in [6.07, 6.45) is 4.52. The van der Waals surface area contributed by atoms with E-state index in [4.69, 9.17) is 9.47 Å². The third-order valence-electron chi connectivity index (χ3n) is 7.41. The minimum Gasteiger partial charge on any atom is -0.444 e. The first-order valence-electron chi connectivity index (χ1n) is 13.9. The molecule has 0 atom stereocenters. The highest BCUT2D eigenvalue weighted by molar-refractivity contribution is 5.89. The second kappa shape index (κ2) is 10.9. The highest BCUT2D eigenvalue weighted by Gasteiger charge is 2.30. The van der Waals surface area contributed by atoms with Gasteiger partial charge in [-0.1, -0.05) is 36.4 Å². The molecule has 0 N–H and O–H groups in total. The van der Waals surface area contributed by atoms with E-state index in [0.717, 1.165) is 58.3 Å². The molecule has 2 amide bonds. The fraction of sp³-hybridized carbons (Fsp3) is 0.613. The number of hydrogen-bond acceptors (Lipinski definition) is 4. The number of carbonyl (C=O) groups excluding carboxylic acids is 2. The van der Waals surface area contributed by atoms with Crippen LogP contribution in [0.4, 0.5) is 9.59 Å². The number of benzene rings is 2. The van der Waals surface area contributed by atoms with Crippen LogP contribution in [0, 0.1) is 5.92 Å². The second-order valence-corrected chi connectivity index (χ2v) is 12.7. The zero-order chi connectivity index (χ0) is 26.8. The molecule has 202 valence electrons. The molecule has 2 aliphatic heterocycles. The van der Waals surface area contributed by atoms with Crippen molar-refractivity contribution in [2.45, 2.75) is 90.8 Å². The van der Waals surface area contributed by atoms with E-state index in [9.17, 15) is 9.59 Å². The predicted octanol–water partition coefficient (Wildman–Crippen LogP) is 7.14. The second-order valence-electron chi connectivity index (χ2n) is 12.7. The molecule has 2 saturated heterocycles. The first-order chi connectivity index (χ1) is 17.4. The van der Waals surface area contributed by atoms with Gasteiger partial charge in [-0.25, -0.2) is 9.59 Å². The first-order valence-corrected chi connectivity index (χ1v) is 13.9. The molecule has 6 heteroatoms. The van der Waals surface area contributed by atoms with Gasteiger partial charge in [-0.2, -0.15) is 0 Å². The quantitative estimate of drug-likeness (QED) is 0.442. The Bertz CT molecular complexity index is 1100. The van der Waals surface area contributed by atoms with Crippen LogP contribution in [0.3, 0.4) is 0 Å². The van der Waals surface area contributed by atoms with Crippen LogP contribution in [0.2, 0.25) is 0 Å². The molecule has 0 bridgehead atoms. The lowest BCUT2D eigenvalue weighted by molar-refractivity contribution is 0.0180. The summed E-state index contributed by atoms with van der Waals surface area (Å²) in [6.45, 7) is 14.4. The molecular formula is C31H44N2O4. The Hall–Kier alpha value is -2.76. The predicted molar refractivity (Wildman–Crippen MR) is 148 cm³/mol. The topological polar surface area (TPSA) is 59.1 Å². The Kier molecular flexibility index (Phi) is 8.05. The molecule has 0 spiro atoms. The van der Waals surface area contributed by atoms with Gasteiger partial charge in [0.1, 0.15) is 11.2 Å².